The molecule has 32 heavy (non-hydrogen) atoms. The summed E-state index contributed by atoms with van der Waals surface area (Å²) in [6, 6.07) is 10.5. The second kappa shape index (κ2) is 11.0. The molecule has 6 nitrogen and oxygen atoms in total. The molecule has 0 aliphatic rings. The Balaban J connectivity index is 1.77. The number of carbonyl (C=O) groups is 2. The number of hydrogen-bond acceptors (Lipinski definition) is 6. The Labute approximate surface area is 192 Å². The summed E-state index contributed by atoms with van der Waals surface area (Å²) in [5.41, 5.74) is 1.42. The summed E-state index contributed by atoms with van der Waals surface area (Å²) in [5, 5.41) is 1.11. The SMILES string of the molecule is CCCCC(=O)CC(=O)Cc1ccc(Oc2ccnc3cc(OC)c(OC)cc23)c(Cl)c1. The number of carbonyl (C=O) groups excluding carboxylic acids is 2. The summed E-state index contributed by atoms with van der Waals surface area (Å²) in [6.07, 6.45) is 3.96. The van der Waals surface area contributed by atoms with Gasteiger partial charge in [-0.1, -0.05) is 31.0 Å². The third-order valence-electron chi connectivity index (χ3n) is 5.03. The van der Waals surface area contributed by atoms with Crippen LogP contribution in [0.2, 0.25) is 5.02 Å². The van der Waals surface area contributed by atoms with E-state index in [0.717, 1.165) is 23.8 Å². The lowest BCUT2D eigenvalue weighted by atomic mass is 10.0. The second-order valence-corrected chi connectivity index (χ2v) is 7.84. The van der Waals surface area contributed by atoms with Crippen molar-refractivity contribution >= 4 is 34.1 Å². The van der Waals surface area contributed by atoms with Crippen molar-refractivity contribution < 1.29 is 23.8 Å². The number of rotatable bonds is 11. The first-order valence-corrected chi connectivity index (χ1v) is 10.8. The van der Waals surface area contributed by atoms with E-state index >= 15 is 0 Å². The lowest BCUT2D eigenvalue weighted by molar-refractivity contribution is -0.126. The normalized spacial score (nSPS) is 10.8. The van der Waals surface area contributed by atoms with Gasteiger partial charge in [0.25, 0.3) is 0 Å². The Bertz CT molecular complexity index is 1130. The number of benzene rings is 2. The van der Waals surface area contributed by atoms with E-state index in [1.807, 2.05) is 6.92 Å². The van der Waals surface area contributed by atoms with Crippen LogP contribution in [0.15, 0.2) is 42.6 Å². The van der Waals surface area contributed by atoms with Crippen LogP contribution < -0.4 is 14.2 Å². The number of fused-ring (bicyclic) bond motifs is 1. The van der Waals surface area contributed by atoms with Gasteiger partial charge >= 0.3 is 0 Å². The summed E-state index contributed by atoms with van der Waals surface area (Å²) in [5.74, 6) is 2.01. The van der Waals surface area contributed by atoms with E-state index in [2.05, 4.69) is 4.98 Å². The number of nitrogens with zero attached hydrogens (tertiary/aromatic N) is 1. The molecule has 0 spiro atoms. The molecule has 0 aliphatic heterocycles. The van der Waals surface area contributed by atoms with Gasteiger partial charge < -0.3 is 14.2 Å². The summed E-state index contributed by atoms with van der Waals surface area (Å²) in [7, 11) is 3.13. The van der Waals surface area contributed by atoms with Crippen LogP contribution in [-0.2, 0) is 16.0 Å². The van der Waals surface area contributed by atoms with Crippen LogP contribution in [0.25, 0.3) is 10.9 Å². The molecular weight excluding hydrogens is 430 g/mol. The van der Waals surface area contributed by atoms with Crippen LogP contribution in [0.3, 0.4) is 0 Å². The molecule has 0 N–H and O–H groups in total. The number of methoxy groups -OCH3 is 2. The third kappa shape index (κ3) is 5.77. The number of ether oxygens (including phenoxy) is 3. The van der Waals surface area contributed by atoms with Crippen molar-refractivity contribution in [1.29, 1.82) is 0 Å². The molecule has 0 aliphatic carbocycles. The van der Waals surface area contributed by atoms with Crippen molar-refractivity contribution in [2.45, 2.75) is 39.0 Å². The fraction of sp³-hybridized carbons (Fsp3) is 0.320. The quantitative estimate of drug-likeness (QED) is 0.332. The number of ketones is 2. The molecule has 0 fully saturated rings. The van der Waals surface area contributed by atoms with Gasteiger partial charge in [0.1, 0.15) is 23.1 Å². The molecule has 2 aromatic carbocycles. The first-order valence-electron chi connectivity index (χ1n) is 10.5. The molecule has 0 saturated heterocycles. The Morgan fingerprint density at radius 1 is 0.938 bits per heavy atom. The van der Waals surface area contributed by atoms with E-state index in [4.69, 9.17) is 25.8 Å². The Morgan fingerprint density at radius 2 is 1.69 bits per heavy atom. The minimum Gasteiger partial charge on any atom is -0.493 e. The minimum atomic E-state index is -0.114. The predicted molar refractivity (Wildman–Crippen MR) is 124 cm³/mol. The van der Waals surface area contributed by atoms with Crippen LogP contribution >= 0.6 is 11.6 Å². The van der Waals surface area contributed by atoms with Gasteiger partial charge in [-0.05, 0) is 36.2 Å². The maximum absolute atomic E-state index is 12.2. The van der Waals surface area contributed by atoms with Crippen LogP contribution in [-0.4, -0.2) is 30.8 Å². The molecule has 0 radical (unpaired) electrons. The number of hydrogen-bond donors (Lipinski definition) is 0. The van der Waals surface area contributed by atoms with Gasteiger partial charge in [0.2, 0.25) is 0 Å². The Morgan fingerprint density at radius 3 is 2.38 bits per heavy atom. The zero-order valence-electron chi connectivity index (χ0n) is 18.4. The molecule has 7 heteroatoms. The highest BCUT2D eigenvalue weighted by Crippen LogP contribution is 2.38. The van der Waals surface area contributed by atoms with E-state index < -0.39 is 0 Å². The minimum absolute atomic E-state index is 0.0143. The maximum atomic E-state index is 12.2. The summed E-state index contributed by atoms with van der Waals surface area (Å²) in [4.78, 5) is 28.4. The number of unbranched alkanes of at least 4 members (excludes halogenated alkanes) is 1. The molecule has 0 atom stereocenters. The molecule has 0 saturated carbocycles. The molecule has 3 aromatic rings. The molecule has 0 amide bonds. The predicted octanol–water partition coefficient (Wildman–Crippen LogP) is 5.96. The number of pyridine rings is 1. The highest BCUT2D eigenvalue weighted by atomic mass is 35.5. The fourth-order valence-electron chi connectivity index (χ4n) is 3.36. The van der Waals surface area contributed by atoms with Crippen LogP contribution in [0, 0.1) is 0 Å². The number of aromatic nitrogens is 1. The van der Waals surface area contributed by atoms with E-state index in [0.29, 0.717) is 40.0 Å². The molecular formula is C25H26ClNO5. The lowest BCUT2D eigenvalue weighted by Crippen LogP contribution is -2.10. The zero-order chi connectivity index (χ0) is 23.1. The number of halogens is 1. The first kappa shape index (κ1) is 23.5. The van der Waals surface area contributed by atoms with Gasteiger partial charge in [0, 0.05) is 30.5 Å². The lowest BCUT2D eigenvalue weighted by Gasteiger charge is -2.13. The molecule has 0 bridgehead atoms. The van der Waals surface area contributed by atoms with Crippen LogP contribution in [0.1, 0.15) is 38.2 Å². The van der Waals surface area contributed by atoms with E-state index in [9.17, 15) is 9.59 Å². The first-order chi connectivity index (χ1) is 15.4. The van der Waals surface area contributed by atoms with Gasteiger partial charge in [-0.3, -0.25) is 14.6 Å². The molecule has 0 unspecified atom stereocenters. The van der Waals surface area contributed by atoms with Crippen molar-refractivity contribution in [2.24, 2.45) is 0 Å². The number of Topliss-reactive ketones (excluding diaryl/α,β-unsaturated/α-hetero) is 2. The third-order valence-corrected chi connectivity index (χ3v) is 5.32. The topological polar surface area (TPSA) is 74.7 Å². The van der Waals surface area contributed by atoms with Gasteiger partial charge in [-0.15, -0.1) is 0 Å². The van der Waals surface area contributed by atoms with E-state index in [1.165, 1.54) is 0 Å². The molecule has 3 rings (SSSR count). The molecule has 1 heterocycles. The van der Waals surface area contributed by atoms with Crippen molar-refractivity contribution in [2.75, 3.05) is 14.2 Å². The Hall–Kier alpha value is -3.12. The van der Waals surface area contributed by atoms with Crippen molar-refractivity contribution in [3.05, 3.63) is 53.2 Å². The van der Waals surface area contributed by atoms with E-state index in [1.54, 1.807) is 56.8 Å². The van der Waals surface area contributed by atoms with Crippen molar-refractivity contribution in [1.82, 2.24) is 4.98 Å². The van der Waals surface area contributed by atoms with Crippen molar-refractivity contribution in [3.63, 3.8) is 0 Å². The summed E-state index contributed by atoms with van der Waals surface area (Å²) in [6.45, 7) is 2.02. The Kier molecular flexibility index (Phi) is 8.06. The smallest absolute Gasteiger partial charge is 0.162 e. The summed E-state index contributed by atoms with van der Waals surface area (Å²) < 4.78 is 16.8. The molecule has 1 aromatic heterocycles. The van der Waals surface area contributed by atoms with Gasteiger partial charge in [-0.25, -0.2) is 0 Å². The highest BCUT2D eigenvalue weighted by Gasteiger charge is 2.14. The monoisotopic (exact) mass is 455 g/mol. The largest absolute Gasteiger partial charge is 0.493 e. The van der Waals surface area contributed by atoms with Gasteiger partial charge in [-0.2, -0.15) is 0 Å². The van der Waals surface area contributed by atoms with Crippen molar-refractivity contribution in [3.8, 4) is 23.0 Å². The average Bonchev–Trinajstić information content (AvgIpc) is 2.78. The van der Waals surface area contributed by atoms with Crippen LogP contribution in [0.5, 0.6) is 23.0 Å². The standard InChI is InChI=1S/C25H26ClNO5/c1-4-5-6-17(28)13-18(29)11-16-7-8-23(20(26)12-16)32-22-9-10-27-21-15-25(31-3)24(30-2)14-19(21)22/h7-10,12,14-15H,4-6,11,13H2,1-3H3. The molecule has 168 valence electrons. The average molecular weight is 456 g/mol. The van der Waals surface area contributed by atoms with Gasteiger partial charge in [0.05, 0.1) is 31.2 Å². The maximum Gasteiger partial charge on any atom is 0.162 e. The second-order valence-electron chi connectivity index (χ2n) is 7.43. The zero-order valence-corrected chi connectivity index (χ0v) is 19.2. The fourth-order valence-corrected chi connectivity index (χ4v) is 3.61. The van der Waals surface area contributed by atoms with Gasteiger partial charge in [0.15, 0.2) is 11.5 Å². The summed E-state index contributed by atoms with van der Waals surface area (Å²) >= 11 is 6.43. The highest BCUT2D eigenvalue weighted by molar-refractivity contribution is 6.32. The van der Waals surface area contributed by atoms with Crippen LogP contribution in [0.4, 0.5) is 0 Å². The van der Waals surface area contributed by atoms with E-state index in [-0.39, 0.29) is 24.4 Å².